The van der Waals surface area contributed by atoms with Gasteiger partial charge in [0.1, 0.15) is 5.82 Å². The third kappa shape index (κ3) is 1.97. The van der Waals surface area contributed by atoms with Gasteiger partial charge < -0.3 is 16.4 Å². The maximum atomic E-state index is 5.80. The van der Waals surface area contributed by atoms with Crippen molar-refractivity contribution < 1.29 is 0 Å². The SMILES string of the molecule is Nc1ccc(N2CCc3cc(N)ccc3C2)nc1. The van der Waals surface area contributed by atoms with Gasteiger partial charge in [0, 0.05) is 18.8 Å². The number of hydrogen-bond acceptors (Lipinski definition) is 4. The van der Waals surface area contributed by atoms with Crippen molar-refractivity contribution in [1.29, 1.82) is 0 Å². The summed E-state index contributed by atoms with van der Waals surface area (Å²) in [5.74, 6) is 0.978. The van der Waals surface area contributed by atoms with Crippen LogP contribution in [0.25, 0.3) is 0 Å². The van der Waals surface area contributed by atoms with Crippen LogP contribution in [0.3, 0.4) is 0 Å². The van der Waals surface area contributed by atoms with Gasteiger partial charge in [-0.25, -0.2) is 4.98 Å². The van der Waals surface area contributed by atoms with Crippen LogP contribution in [0, 0.1) is 0 Å². The number of anilines is 3. The van der Waals surface area contributed by atoms with Gasteiger partial charge in [-0.2, -0.15) is 0 Å². The highest BCUT2D eigenvalue weighted by Gasteiger charge is 2.17. The smallest absolute Gasteiger partial charge is 0.128 e. The van der Waals surface area contributed by atoms with Crippen LogP contribution < -0.4 is 16.4 Å². The lowest BCUT2D eigenvalue weighted by atomic mass is 9.99. The Kier molecular flexibility index (Phi) is 2.55. The Morgan fingerprint density at radius 1 is 1.00 bits per heavy atom. The van der Waals surface area contributed by atoms with Crippen molar-refractivity contribution in [1.82, 2.24) is 4.98 Å². The average Bonchev–Trinajstić information content (AvgIpc) is 2.39. The first kappa shape index (κ1) is 10.9. The predicted molar refractivity (Wildman–Crippen MR) is 74.3 cm³/mol. The van der Waals surface area contributed by atoms with E-state index in [0.29, 0.717) is 5.69 Å². The molecule has 1 aromatic carbocycles. The van der Waals surface area contributed by atoms with Gasteiger partial charge in [-0.15, -0.1) is 0 Å². The molecule has 1 aliphatic rings. The van der Waals surface area contributed by atoms with E-state index in [0.717, 1.165) is 31.0 Å². The van der Waals surface area contributed by atoms with Crippen LogP contribution >= 0.6 is 0 Å². The summed E-state index contributed by atoms with van der Waals surface area (Å²) >= 11 is 0. The first-order valence-electron chi connectivity index (χ1n) is 6.06. The number of nitrogens with zero attached hydrogens (tertiary/aromatic N) is 2. The number of rotatable bonds is 1. The molecule has 0 atom stereocenters. The van der Waals surface area contributed by atoms with Gasteiger partial charge in [0.15, 0.2) is 0 Å². The monoisotopic (exact) mass is 240 g/mol. The molecule has 0 saturated carbocycles. The van der Waals surface area contributed by atoms with Crippen molar-refractivity contribution in [2.24, 2.45) is 0 Å². The molecule has 2 heterocycles. The van der Waals surface area contributed by atoms with Gasteiger partial charge >= 0.3 is 0 Å². The van der Waals surface area contributed by atoms with Crippen molar-refractivity contribution in [3.8, 4) is 0 Å². The molecule has 0 amide bonds. The fraction of sp³-hybridized carbons (Fsp3) is 0.214. The summed E-state index contributed by atoms with van der Waals surface area (Å²) in [6, 6.07) is 9.99. The molecule has 0 saturated heterocycles. The van der Waals surface area contributed by atoms with Gasteiger partial charge in [-0.3, -0.25) is 0 Å². The Bertz CT molecular complexity index is 563. The van der Waals surface area contributed by atoms with E-state index < -0.39 is 0 Å². The zero-order valence-corrected chi connectivity index (χ0v) is 10.1. The second kappa shape index (κ2) is 4.22. The van der Waals surface area contributed by atoms with Crippen molar-refractivity contribution in [3.05, 3.63) is 47.7 Å². The van der Waals surface area contributed by atoms with Crippen molar-refractivity contribution in [2.75, 3.05) is 22.9 Å². The van der Waals surface area contributed by atoms with Crippen LogP contribution in [0.5, 0.6) is 0 Å². The molecule has 4 heteroatoms. The lowest BCUT2D eigenvalue weighted by molar-refractivity contribution is 0.721. The molecule has 0 bridgehead atoms. The summed E-state index contributed by atoms with van der Waals surface area (Å²) in [5, 5.41) is 0. The average molecular weight is 240 g/mol. The Hall–Kier alpha value is -2.23. The highest BCUT2D eigenvalue weighted by Crippen LogP contribution is 2.24. The number of hydrogen-bond donors (Lipinski definition) is 2. The molecule has 18 heavy (non-hydrogen) atoms. The van der Waals surface area contributed by atoms with Crippen molar-refractivity contribution >= 4 is 17.2 Å². The first-order chi connectivity index (χ1) is 8.72. The van der Waals surface area contributed by atoms with Gasteiger partial charge in [0.05, 0.1) is 11.9 Å². The standard InChI is InChI=1S/C14H16N4/c15-12-2-1-11-9-18(6-5-10(11)7-12)14-4-3-13(16)8-17-14/h1-4,7-8H,5-6,9,15-16H2. The molecule has 0 unspecified atom stereocenters. The Morgan fingerprint density at radius 2 is 1.83 bits per heavy atom. The molecular weight excluding hydrogens is 224 g/mol. The minimum absolute atomic E-state index is 0.698. The zero-order valence-electron chi connectivity index (χ0n) is 10.1. The van der Waals surface area contributed by atoms with Crippen molar-refractivity contribution in [3.63, 3.8) is 0 Å². The summed E-state index contributed by atoms with van der Waals surface area (Å²) in [7, 11) is 0. The molecule has 1 aromatic heterocycles. The van der Waals surface area contributed by atoms with E-state index in [9.17, 15) is 0 Å². The minimum atomic E-state index is 0.698. The maximum absolute atomic E-state index is 5.80. The van der Waals surface area contributed by atoms with E-state index in [1.165, 1.54) is 11.1 Å². The largest absolute Gasteiger partial charge is 0.399 e. The van der Waals surface area contributed by atoms with Crippen LogP contribution in [-0.4, -0.2) is 11.5 Å². The molecule has 4 N–H and O–H groups in total. The molecule has 1 aliphatic heterocycles. The molecular formula is C14H16N4. The minimum Gasteiger partial charge on any atom is -0.399 e. The van der Waals surface area contributed by atoms with Gasteiger partial charge in [0.2, 0.25) is 0 Å². The molecule has 3 rings (SSSR count). The van der Waals surface area contributed by atoms with E-state index in [1.807, 2.05) is 18.2 Å². The molecule has 4 nitrogen and oxygen atoms in total. The number of aromatic nitrogens is 1. The number of nitrogens with two attached hydrogens (primary N) is 2. The fourth-order valence-corrected chi connectivity index (χ4v) is 2.35. The fourth-order valence-electron chi connectivity index (χ4n) is 2.35. The Balaban J connectivity index is 1.86. The number of fused-ring (bicyclic) bond motifs is 1. The van der Waals surface area contributed by atoms with E-state index in [4.69, 9.17) is 11.5 Å². The molecule has 0 fully saturated rings. The second-order valence-corrected chi connectivity index (χ2v) is 4.65. The topological polar surface area (TPSA) is 68.2 Å². The highest BCUT2D eigenvalue weighted by molar-refractivity contribution is 5.51. The Morgan fingerprint density at radius 3 is 2.61 bits per heavy atom. The summed E-state index contributed by atoms with van der Waals surface area (Å²) in [4.78, 5) is 6.63. The summed E-state index contributed by atoms with van der Waals surface area (Å²) in [6.45, 7) is 1.85. The van der Waals surface area contributed by atoms with Gasteiger partial charge in [-0.1, -0.05) is 6.07 Å². The predicted octanol–water partition coefficient (Wildman–Crippen LogP) is 1.81. The molecule has 0 spiro atoms. The van der Waals surface area contributed by atoms with E-state index >= 15 is 0 Å². The normalized spacial score (nSPS) is 14.3. The molecule has 0 radical (unpaired) electrons. The van der Waals surface area contributed by atoms with E-state index in [-0.39, 0.29) is 0 Å². The molecule has 92 valence electrons. The molecule has 0 aliphatic carbocycles. The van der Waals surface area contributed by atoms with Crippen LogP contribution in [0.4, 0.5) is 17.2 Å². The van der Waals surface area contributed by atoms with E-state index in [2.05, 4.69) is 22.0 Å². The zero-order chi connectivity index (χ0) is 12.5. The number of pyridine rings is 1. The summed E-state index contributed by atoms with van der Waals surface area (Å²) < 4.78 is 0. The third-order valence-electron chi connectivity index (χ3n) is 3.34. The molecule has 2 aromatic rings. The summed E-state index contributed by atoms with van der Waals surface area (Å²) in [5.41, 5.74) is 15.7. The number of nitrogen functional groups attached to an aromatic ring is 2. The summed E-state index contributed by atoms with van der Waals surface area (Å²) in [6.07, 6.45) is 2.71. The van der Waals surface area contributed by atoms with Gasteiger partial charge in [-0.05, 0) is 41.8 Å². The lowest BCUT2D eigenvalue weighted by Crippen LogP contribution is -2.31. The number of benzene rings is 1. The van der Waals surface area contributed by atoms with Crippen LogP contribution in [-0.2, 0) is 13.0 Å². The second-order valence-electron chi connectivity index (χ2n) is 4.65. The quantitative estimate of drug-likeness (QED) is 0.746. The third-order valence-corrected chi connectivity index (χ3v) is 3.34. The Labute approximate surface area is 106 Å². The van der Waals surface area contributed by atoms with E-state index in [1.54, 1.807) is 6.20 Å². The highest BCUT2D eigenvalue weighted by atomic mass is 15.2. The maximum Gasteiger partial charge on any atom is 0.128 e. The van der Waals surface area contributed by atoms with Crippen LogP contribution in [0.1, 0.15) is 11.1 Å². The van der Waals surface area contributed by atoms with Crippen LogP contribution in [0.15, 0.2) is 36.5 Å². The lowest BCUT2D eigenvalue weighted by Gasteiger charge is -2.30. The first-order valence-corrected chi connectivity index (χ1v) is 6.06. The van der Waals surface area contributed by atoms with Crippen molar-refractivity contribution in [2.45, 2.75) is 13.0 Å². The van der Waals surface area contributed by atoms with Gasteiger partial charge in [0.25, 0.3) is 0 Å². The van der Waals surface area contributed by atoms with Crippen LogP contribution in [0.2, 0.25) is 0 Å².